The van der Waals surface area contributed by atoms with E-state index < -0.39 is 24.5 Å². The van der Waals surface area contributed by atoms with E-state index in [1.165, 1.54) is 11.0 Å². The molecule has 0 radical (unpaired) electrons. The maximum atomic E-state index is 9.76. The van der Waals surface area contributed by atoms with Gasteiger partial charge in [0.1, 0.15) is 18.5 Å². The van der Waals surface area contributed by atoms with E-state index in [9.17, 15) is 10.2 Å². The SMILES string of the molecule is C=C(N)c1ncn(C2OC(C[OH2+])C(O)C2O)n1. The van der Waals surface area contributed by atoms with Gasteiger partial charge in [-0.1, -0.05) is 6.58 Å². The van der Waals surface area contributed by atoms with Crippen molar-refractivity contribution in [2.24, 2.45) is 5.73 Å². The molecule has 2 heterocycles. The Labute approximate surface area is 97.0 Å². The first-order valence-corrected chi connectivity index (χ1v) is 5.06. The van der Waals surface area contributed by atoms with E-state index in [1.54, 1.807) is 0 Å². The summed E-state index contributed by atoms with van der Waals surface area (Å²) in [5, 5.41) is 30.5. The second kappa shape index (κ2) is 4.41. The minimum Gasteiger partial charge on any atom is -0.443 e. The monoisotopic (exact) mass is 243 g/mol. The van der Waals surface area contributed by atoms with Crippen molar-refractivity contribution >= 4 is 5.70 Å². The molecule has 17 heavy (non-hydrogen) atoms. The molecule has 0 spiro atoms. The molecule has 94 valence electrons. The Hall–Kier alpha value is -1.48. The van der Waals surface area contributed by atoms with Crippen molar-refractivity contribution in [3.63, 3.8) is 0 Å². The van der Waals surface area contributed by atoms with Gasteiger partial charge in [0, 0.05) is 0 Å². The first-order chi connectivity index (χ1) is 8.04. The third-order valence-corrected chi connectivity index (χ3v) is 2.59. The maximum Gasteiger partial charge on any atom is 0.196 e. The fourth-order valence-corrected chi connectivity index (χ4v) is 1.66. The number of aliphatic hydroxyl groups excluding tert-OH is 2. The molecule has 0 aliphatic carbocycles. The van der Waals surface area contributed by atoms with Gasteiger partial charge in [0.15, 0.2) is 24.8 Å². The second-order valence-electron chi connectivity index (χ2n) is 3.82. The Balaban J connectivity index is 2.19. The average molecular weight is 243 g/mol. The van der Waals surface area contributed by atoms with Crippen LogP contribution in [0, 0.1) is 0 Å². The lowest BCUT2D eigenvalue weighted by Gasteiger charge is -2.13. The van der Waals surface area contributed by atoms with Crippen LogP contribution in [0.15, 0.2) is 12.9 Å². The molecule has 1 aromatic heterocycles. The number of rotatable bonds is 3. The van der Waals surface area contributed by atoms with E-state index >= 15 is 0 Å². The Morgan fingerprint density at radius 3 is 2.76 bits per heavy atom. The minimum atomic E-state index is -1.15. The number of nitrogens with two attached hydrogens (primary N) is 1. The summed E-state index contributed by atoms with van der Waals surface area (Å²) in [6, 6.07) is 0. The van der Waals surface area contributed by atoms with Gasteiger partial charge in [-0.2, -0.15) is 0 Å². The van der Waals surface area contributed by atoms with Crippen LogP contribution in [0.1, 0.15) is 12.1 Å². The van der Waals surface area contributed by atoms with Crippen LogP contribution in [-0.4, -0.2) is 55.0 Å². The Morgan fingerprint density at radius 1 is 1.59 bits per heavy atom. The van der Waals surface area contributed by atoms with Gasteiger partial charge in [0.2, 0.25) is 0 Å². The van der Waals surface area contributed by atoms with Gasteiger partial charge in [0.05, 0.1) is 5.70 Å². The van der Waals surface area contributed by atoms with Crippen LogP contribution in [0.5, 0.6) is 0 Å². The quantitative estimate of drug-likeness (QED) is 0.505. The fourth-order valence-electron chi connectivity index (χ4n) is 1.66. The highest BCUT2D eigenvalue weighted by Gasteiger charge is 2.45. The number of hydrogen-bond donors (Lipinski definition) is 3. The lowest BCUT2D eigenvalue weighted by atomic mass is 10.1. The molecule has 4 unspecified atom stereocenters. The molecular weight excluding hydrogens is 228 g/mol. The summed E-state index contributed by atoms with van der Waals surface area (Å²) in [6.07, 6.45) is -2.51. The molecule has 8 heteroatoms. The van der Waals surface area contributed by atoms with Crippen molar-refractivity contribution in [2.45, 2.75) is 24.5 Å². The van der Waals surface area contributed by atoms with E-state index in [0.29, 0.717) is 0 Å². The summed E-state index contributed by atoms with van der Waals surface area (Å²) in [4.78, 5) is 3.88. The van der Waals surface area contributed by atoms with Gasteiger partial charge in [-0.15, -0.1) is 5.10 Å². The predicted molar refractivity (Wildman–Crippen MR) is 57.6 cm³/mol. The third kappa shape index (κ3) is 2.03. The van der Waals surface area contributed by atoms with Crippen LogP contribution in [-0.2, 0) is 4.74 Å². The van der Waals surface area contributed by atoms with Crippen LogP contribution < -0.4 is 5.73 Å². The van der Waals surface area contributed by atoms with Crippen molar-refractivity contribution in [3.05, 3.63) is 18.7 Å². The van der Waals surface area contributed by atoms with Gasteiger partial charge in [-0.25, -0.2) is 9.67 Å². The number of hydrogen-bond acceptors (Lipinski definition) is 6. The van der Waals surface area contributed by atoms with Crippen molar-refractivity contribution in [1.29, 1.82) is 0 Å². The highest BCUT2D eigenvalue weighted by atomic mass is 16.6. The smallest absolute Gasteiger partial charge is 0.196 e. The molecule has 1 aromatic rings. The molecule has 1 aliphatic heterocycles. The Morgan fingerprint density at radius 2 is 2.29 bits per heavy atom. The summed E-state index contributed by atoms with van der Waals surface area (Å²) >= 11 is 0. The standard InChI is InChI=1S/C9H14N4O4/c1-4(10)8-11-3-13(12-8)9-7(16)6(15)5(2-14)17-9/h3,5-7,9,14-16H,1-2,10H2/p+1. The third-order valence-electron chi connectivity index (χ3n) is 2.59. The maximum absolute atomic E-state index is 9.76. The molecule has 1 aliphatic rings. The van der Waals surface area contributed by atoms with E-state index in [2.05, 4.69) is 16.7 Å². The molecule has 0 bridgehead atoms. The van der Waals surface area contributed by atoms with Crippen LogP contribution >= 0.6 is 0 Å². The Bertz CT molecular complexity index is 421. The summed E-state index contributed by atoms with van der Waals surface area (Å²) in [6.45, 7) is 3.35. The molecule has 1 fully saturated rings. The first kappa shape index (κ1) is 12.0. The summed E-state index contributed by atoms with van der Waals surface area (Å²) in [5.74, 6) is 0.240. The first-order valence-electron chi connectivity index (χ1n) is 5.06. The molecule has 0 aromatic carbocycles. The lowest BCUT2D eigenvalue weighted by Crippen LogP contribution is -2.33. The average Bonchev–Trinajstić information content (AvgIpc) is 2.87. The van der Waals surface area contributed by atoms with E-state index in [1.807, 2.05) is 0 Å². The molecule has 2 rings (SSSR count). The largest absolute Gasteiger partial charge is 0.443 e. The molecule has 8 nitrogen and oxygen atoms in total. The zero-order chi connectivity index (χ0) is 12.6. The molecule has 1 saturated heterocycles. The molecule has 6 N–H and O–H groups in total. The van der Waals surface area contributed by atoms with E-state index in [-0.39, 0.29) is 18.1 Å². The van der Waals surface area contributed by atoms with Gasteiger partial charge in [-0.3, -0.25) is 0 Å². The van der Waals surface area contributed by atoms with Crippen molar-refractivity contribution in [2.75, 3.05) is 6.61 Å². The van der Waals surface area contributed by atoms with Crippen LogP contribution in [0.4, 0.5) is 0 Å². The Kier molecular flexibility index (Phi) is 3.11. The zero-order valence-electron chi connectivity index (χ0n) is 9.02. The number of ether oxygens (including phenoxy) is 1. The van der Waals surface area contributed by atoms with Crippen molar-refractivity contribution in [3.8, 4) is 0 Å². The number of nitrogens with zero attached hydrogens (tertiary/aromatic N) is 3. The summed E-state index contributed by atoms with van der Waals surface area (Å²) in [7, 11) is 0. The van der Waals surface area contributed by atoms with Crippen LogP contribution in [0.3, 0.4) is 0 Å². The van der Waals surface area contributed by atoms with Gasteiger partial charge in [0.25, 0.3) is 0 Å². The van der Waals surface area contributed by atoms with Gasteiger partial charge < -0.3 is 25.8 Å². The van der Waals surface area contributed by atoms with Gasteiger partial charge in [-0.05, 0) is 0 Å². The lowest BCUT2D eigenvalue weighted by molar-refractivity contribution is -0.0588. The normalized spacial score (nSPS) is 32.9. The van der Waals surface area contributed by atoms with Crippen molar-refractivity contribution in [1.82, 2.24) is 14.8 Å². The van der Waals surface area contributed by atoms with Crippen LogP contribution in [0.2, 0.25) is 0 Å². The summed E-state index contributed by atoms with van der Waals surface area (Å²) < 4.78 is 6.58. The molecular formula is C9H15N4O4+. The van der Waals surface area contributed by atoms with Crippen LogP contribution in [0.25, 0.3) is 5.70 Å². The van der Waals surface area contributed by atoms with E-state index in [0.717, 1.165) is 0 Å². The topological polar surface area (TPSA) is 129 Å². The van der Waals surface area contributed by atoms with E-state index in [4.69, 9.17) is 15.6 Å². The summed E-state index contributed by atoms with van der Waals surface area (Å²) in [5.41, 5.74) is 5.63. The molecule has 4 atom stereocenters. The minimum absolute atomic E-state index is 0.139. The van der Waals surface area contributed by atoms with Crippen molar-refractivity contribution < 1.29 is 20.1 Å². The highest BCUT2D eigenvalue weighted by Crippen LogP contribution is 2.28. The predicted octanol–water partition coefficient (Wildman–Crippen LogP) is -2.45. The number of aromatic nitrogens is 3. The zero-order valence-corrected chi connectivity index (χ0v) is 9.02. The molecule has 0 amide bonds. The van der Waals surface area contributed by atoms with Gasteiger partial charge >= 0.3 is 0 Å². The second-order valence-corrected chi connectivity index (χ2v) is 3.82. The highest BCUT2D eigenvalue weighted by molar-refractivity contribution is 5.51. The number of aliphatic hydroxyl groups is 2. The fraction of sp³-hybridized carbons (Fsp3) is 0.556. The molecule has 0 saturated carbocycles.